The molecule has 0 unspecified atom stereocenters. The minimum absolute atomic E-state index is 0.272. The number of hydrogen-bond donors (Lipinski definition) is 0. The maximum atomic E-state index is 12.1. The number of fused-ring (bicyclic) bond motifs is 1. The van der Waals surface area contributed by atoms with Crippen molar-refractivity contribution in [2.75, 3.05) is 6.61 Å². The number of carbonyl (C=O) groups is 1. The molecule has 21 heavy (non-hydrogen) atoms. The Bertz CT molecular complexity index is 644. The predicted molar refractivity (Wildman–Crippen MR) is 84.1 cm³/mol. The topological polar surface area (TPSA) is 26.3 Å². The van der Waals surface area contributed by atoms with E-state index in [9.17, 15) is 4.79 Å². The maximum absolute atomic E-state index is 12.1. The Labute approximate surface area is 125 Å². The van der Waals surface area contributed by atoms with Gasteiger partial charge in [-0.15, -0.1) is 0 Å². The van der Waals surface area contributed by atoms with Crippen molar-refractivity contribution in [1.29, 1.82) is 0 Å². The molecule has 3 rings (SSSR count). The minimum atomic E-state index is 0.272. The number of benzene rings is 2. The fraction of sp³-hybridized carbons (Fsp3) is 0.316. The molecule has 0 aliphatic heterocycles. The summed E-state index contributed by atoms with van der Waals surface area (Å²) >= 11 is 0. The molecule has 1 aliphatic carbocycles. The molecule has 0 heterocycles. The van der Waals surface area contributed by atoms with Crippen LogP contribution in [0.5, 0.6) is 5.75 Å². The average molecular weight is 280 g/mol. The van der Waals surface area contributed by atoms with Crippen molar-refractivity contribution < 1.29 is 9.53 Å². The summed E-state index contributed by atoms with van der Waals surface area (Å²) in [6.07, 6.45) is 3.42. The molecule has 0 radical (unpaired) electrons. The molecule has 0 saturated carbocycles. The fourth-order valence-corrected chi connectivity index (χ4v) is 3.06. The quantitative estimate of drug-likeness (QED) is 0.839. The predicted octanol–water partition coefficient (Wildman–Crippen LogP) is 4.20. The van der Waals surface area contributed by atoms with Gasteiger partial charge in [0.1, 0.15) is 5.75 Å². The van der Waals surface area contributed by atoms with E-state index in [1.165, 1.54) is 16.7 Å². The van der Waals surface area contributed by atoms with Crippen molar-refractivity contribution in [3.05, 3.63) is 64.7 Å². The van der Waals surface area contributed by atoms with E-state index < -0.39 is 0 Å². The summed E-state index contributed by atoms with van der Waals surface area (Å²) in [4.78, 5) is 12.1. The van der Waals surface area contributed by atoms with Gasteiger partial charge in [0.25, 0.3) is 0 Å². The van der Waals surface area contributed by atoms with E-state index >= 15 is 0 Å². The van der Waals surface area contributed by atoms with E-state index in [1.807, 2.05) is 25.1 Å². The molecule has 0 aromatic heterocycles. The maximum Gasteiger partial charge on any atom is 0.163 e. The van der Waals surface area contributed by atoms with E-state index in [0.29, 0.717) is 13.0 Å². The van der Waals surface area contributed by atoms with Crippen LogP contribution in [-0.4, -0.2) is 12.4 Å². The lowest BCUT2D eigenvalue weighted by molar-refractivity contribution is 0.0972. The third kappa shape index (κ3) is 2.85. The van der Waals surface area contributed by atoms with Crippen molar-refractivity contribution in [3.8, 4) is 5.75 Å². The van der Waals surface area contributed by atoms with Gasteiger partial charge in [-0.05, 0) is 43.0 Å². The molecule has 0 amide bonds. The van der Waals surface area contributed by atoms with Crippen LogP contribution >= 0.6 is 0 Å². The highest BCUT2D eigenvalue weighted by Gasteiger charge is 2.22. The second-order valence-electron chi connectivity index (χ2n) is 5.44. The van der Waals surface area contributed by atoms with Gasteiger partial charge in [-0.2, -0.15) is 0 Å². The standard InChI is InChI=1S/C19H20O2/c1-2-21-19-12-11-16-15(9-6-10-18(16)20)17(19)13-14-7-4-3-5-8-14/h3-5,7-8,11-12H,2,6,9-10,13H2,1H3. The number of ether oxygens (including phenoxy) is 1. The summed E-state index contributed by atoms with van der Waals surface area (Å²) in [6.45, 7) is 2.64. The Hall–Kier alpha value is -2.09. The van der Waals surface area contributed by atoms with E-state index in [4.69, 9.17) is 4.74 Å². The van der Waals surface area contributed by atoms with Crippen LogP contribution in [0.15, 0.2) is 42.5 Å². The molecule has 0 bridgehead atoms. The van der Waals surface area contributed by atoms with Gasteiger partial charge < -0.3 is 4.74 Å². The molecule has 2 heteroatoms. The molecule has 0 fully saturated rings. The Morgan fingerprint density at radius 3 is 2.62 bits per heavy atom. The number of rotatable bonds is 4. The van der Waals surface area contributed by atoms with E-state index in [1.54, 1.807) is 0 Å². The van der Waals surface area contributed by atoms with Gasteiger partial charge in [-0.1, -0.05) is 30.3 Å². The Morgan fingerprint density at radius 1 is 1.05 bits per heavy atom. The normalized spacial score (nSPS) is 13.9. The first-order valence-electron chi connectivity index (χ1n) is 7.64. The van der Waals surface area contributed by atoms with E-state index in [0.717, 1.165) is 30.6 Å². The lowest BCUT2D eigenvalue weighted by atomic mass is 9.85. The SMILES string of the molecule is CCOc1ccc2c(c1Cc1ccccc1)CCCC2=O. The Balaban J connectivity index is 2.06. The van der Waals surface area contributed by atoms with Crippen LogP contribution in [0.2, 0.25) is 0 Å². The zero-order valence-electron chi connectivity index (χ0n) is 12.4. The van der Waals surface area contributed by atoms with Gasteiger partial charge in [-0.3, -0.25) is 4.79 Å². The first-order chi connectivity index (χ1) is 10.3. The second-order valence-corrected chi connectivity index (χ2v) is 5.44. The Kier molecular flexibility index (Phi) is 4.05. The summed E-state index contributed by atoms with van der Waals surface area (Å²) in [6, 6.07) is 14.3. The first kappa shape index (κ1) is 13.9. The highest BCUT2D eigenvalue weighted by atomic mass is 16.5. The van der Waals surface area contributed by atoms with Crippen LogP contribution in [0.3, 0.4) is 0 Å². The minimum Gasteiger partial charge on any atom is -0.494 e. The van der Waals surface area contributed by atoms with Crippen molar-refractivity contribution in [3.63, 3.8) is 0 Å². The van der Waals surface area contributed by atoms with Gasteiger partial charge in [0.05, 0.1) is 6.61 Å². The molecule has 0 spiro atoms. The molecule has 2 nitrogen and oxygen atoms in total. The second kappa shape index (κ2) is 6.13. The molecule has 0 N–H and O–H groups in total. The van der Waals surface area contributed by atoms with Gasteiger partial charge in [0.2, 0.25) is 0 Å². The first-order valence-corrected chi connectivity index (χ1v) is 7.64. The highest BCUT2D eigenvalue weighted by Crippen LogP contribution is 2.33. The number of hydrogen-bond acceptors (Lipinski definition) is 2. The van der Waals surface area contributed by atoms with Gasteiger partial charge in [-0.25, -0.2) is 0 Å². The highest BCUT2D eigenvalue weighted by molar-refractivity contribution is 5.99. The lowest BCUT2D eigenvalue weighted by Gasteiger charge is -2.21. The van der Waals surface area contributed by atoms with Crippen LogP contribution in [-0.2, 0) is 12.8 Å². The van der Waals surface area contributed by atoms with Gasteiger partial charge >= 0.3 is 0 Å². The van der Waals surface area contributed by atoms with Crippen LogP contribution in [0.4, 0.5) is 0 Å². The number of carbonyl (C=O) groups excluding carboxylic acids is 1. The smallest absolute Gasteiger partial charge is 0.163 e. The molecule has 0 atom stereocenters. The summed E-state index contributed by atoms with van der Waals surface area (Å²) in [5.41, 5.74) is 4.54. The summed E-state index contributed by atoms with van der Waals surface area (Å²) in [5.74, 6) is 1.20. The monoisotopic (exact) mass is 280 g/mol. The molecule has 2 aromatic carbocycles. The third-order valence-corrected chi connectivity index (χ3v) is 4.04. The van der Waals surface area contributed by atoms with Gasteiger partial charge in [0.15, 0.2) is 5.78 Å². The van der Waals surface area contributed by atoms with Crippen LogP contribution in [0.1, 0.15) is 46.8 Å². The molecule has 0 saturated heterocycles. The van der Waals surface area contributed by atoms with E-state index in [-0.39, 0.29) is 5.78 Å². The summed E-state index contributed by atoms with van der Waals surface area (Å²) in [5, 5.41) is 0. The zero-order chi connectivity index (χ0) is 14.7. The largest absolute Gasteiger partial charge is 0.494 e. The number of ketones is 1. The molecular weight excluding hydrogens is 260 g/mol. The third-order valence-electron chi connectivity index (χ3n) is 4.04. The number of Topliss-reactive ketones (excluding diaryl/α,β-unsaturated/α-hetero) is 1. The fourth-order valence-electron chi connectivity index (χ4n) is 3.06. The summed E-state index contributed by atoms with van der Waals surface area (Å²) < 4.78 is 5.80. The van der Waals surface area contributed by atoms with Crippen LogP contribution in [0.25, 0.3) is 0 Å². The lowest BCUT2D eigenvalue weighted by Crippen LogP contribution is -2.14. The van der Waals surface area contributed by atoms with Crippen LogP contribution < -0.4 is 4.74 Å². The average Bonchev–Trinajstić information content (AvgIpc) is 2.51. The van der Waals surface area contributed by atoms with Crippen LogP contribution in [0, 0.1) is 0 Å². The van der Waals surface area contributed by atoms with E-state index in [2.05, 4.69) is 24.3 Å². The molecule has 108 valence electrons. The van der Waals surface area contributed by atoms with Crippen molar-refractivity contribution in [1.82, 2.24) is 0 Å². The van der Waals surface area contributed by atoms with Gasteiger partial charge in [0, 0.05) is 24.0 Å². The van der Waals surface area contributed by atoms with Crippen molar-refractivity contribution in [2.45, 2.75) is 32.6 Å². The Morgan fingerprint density at radius 2 is 1.86 bits per heavy atom. The zero-order valence-corrected chi connectivity index (χ0v) is 12.4. The van der Waals surface area contributed by atoms with Crippen molar-refractivity contribution >= 4 is 5.78 Å². The molecule has 2 aromatic rings. The summed E-state index contributed by atoms with van der Waals surface area (Å²) in [7, 11) is 0. The molecule has 1 aliphatic rings. The molecular formula is C19H20O2. The van der Waals surface area contributed by atoms with Crippen molar-refractivity contribution in [2.24, 2.45) is 0 Å².